The smallest absolute Gasteiger partial charge is 0.236 e. The number of rotatable bonds is 7. The lowest BCUT2D eigenvalue weighted by Gasteiger charge is -2.42. The second-order valence-electron chi connectivity index (χ2n) is 6.38. The molecule has 1 amide bonds. The molecule has 1 atom stereocenters. The largest absolute Gasteiger partial charge is 0.354 e. The molecule has 1 saturated carbocycles. The molecule has 0 bridgehead atoms. The summed E-state index contributed by atoms with van der Waals surface area (Å²) >= 11 is 5.93. The first kappa shape index (κ1) is 18.2. The van der Waals surface area contributed by atoms with E-state index in [1.165, 1.54) is 0 Å². The molecule has 0 saturated heterocycles. The van der Waals surface area contributed by atoms with Gasteiger partial charge in [-0.2, -0.15) is 0 Å². The van der Waals surface area contributed by atoms with Crippen LogP contribution in [0.15, 0.2) is 24.3 Å². The summed E-state index contributed by atoms with van der Waals surface area (Å²) in [7, 11) is -3.11. The van der Waals surface area contributed by atoms with Crippen molar-refractivity contribution in [2.75, 3.05) is 18.6 Å². The van der Waals surface area contributed by atoms with Gasteiger partial charge >= 0.3 is 0 Å². The average Bonchev–Trinajstić information content (AvgIpc) is 2.44. The van der Waals surface area contributed by atoms with Gasteiger partial charge in [-0.25, -0.2) is 8.42 Å². The van der Waals surface area contributed by atoms with Crippen molar-refractivity contribution < 1.29 is 13.2 Å². The van der Waals surface area contributed by atoms with Crippen LogP contribution in [0.4, 0.5) is 0 Å². The van der Waals surface area contributed by atoms with Crippen molar-refractivity contribution in [2.24, 2.45) is 5.73 Å². The Hall–Kier alpha value is -1.11. The Morgan fingerprint density at radius 1 is 1.35 bits per heavy atom. The second kappa shape index (κ2) is 7.20. The van der Waals surface area contributed by atoms with Crippen LogP contribution in [0.3, 0.4) is 0 Å². The van der Waals surface area contributed by atoms with E-state index in [1.807, 2.05) is 24.3 Å². The Kier molecular flexibility index (Phi) is 5.70. The quantitative estimate of drug-likeness (QED) is 0.775. The van der Waals surface area contributed by atoms with Crippen LogP contribution < -0.4 is 11.1 Å². The summed E-state index contributed by atoms with van der Waals surface area (Å²) < 4.78 is 22.3. The van der Waals surface area contributed by atoms with Crippen molar-refractivity contribution in [2.45, 2.75) is 37.1 Å². The van der Waals surface area contributed by atoms with Gasteiger partial charge < -0.3 is 11.1 Å². The van der Waals surface area contributed by atoms with Crippen molar-refractivity contribution in [1.29, 1.82) is 0 Å². The van der Waals surface area contributed by atoms with E-state index in [4.69, 9.17) is 17.3 Å². The Labute approximate surface area is 142 Å². The van der Waals surface area contributed by atoms with Crippen LogP contribution in [-0.2, 0) is 20.0 Å². The highest BCUT2D eigenvalue weighted by molar-refractivity contribution is 7.90. The third-order valence-electron chi connectivity index (χ3n) is 4.50. The number of carbonyl (C=O) groups excluding carboxylic acids is 1. The predicted molar refractivity (Wildman–Crippen MR) is 92.3 cm³/mol. The van der Waals surface area contributed by atoms with Crippen molar-refractivity contribution in [3.05, 3.63) is 34.9 Å². The summed E-state index contributed by atoms with van der Waals surface area (Å²) in [6, 6.07) is 6.91. The molecule has 2 rings (SSSR count). The Bertz CT molecular complexity index is 654. The summed E-state index contributed by atoms with van der Waals surface area (Å²) in [6.07, 6.45) is 4.42. The first-order chi connectivity index (χ1) is 10.7. The van der Waals surface area contributed by atoms with Gasteiger partial charge in [-0.1, -0.05) is 30.2 Å². The number of sulfone groups is 1. The fraction of sp³-hybridized carbons (Fsp3) is 0.562. The minimum absolute atomic E-state index is 0.0587. The second-order valence-corrected chi connectivity index (χ2v) is 9.08. The number of hydrogen-bond donors (Lipinski definition) is 2. The molecule has 0 aromatic heterocycles. The standard InChI is InChI=1S/C16H23ClN2O3S/c1-23(21,22)10-7-14(18)15(20)19-11-16(8-2-9-16)12-3-5-13(17)6-4-12/h3-6,14H,2,7-11,18H2,1H3,(H,19,20). The van der Waals surface area contributed by atoms with E-state index in [2.05, 4.69) is 5.32 Å². The van der Waals surface area contributed by atoms with Gasteiger partial charge in [0.15, 0.2) is 0 Å². The number of halogens is 1. The van der Waals surface area contributed by atoms with Crippen LogP contribution in [0.5, 0.6) is 0 Å². The molecule has 0 heterocycles. The van der Waals surface area contributed by atoms with Crippen molar-refractivity contribution in [1.82, 2.24) is 5.32 Å². The summed E-state index contributed by atoms with van der Waals surface area (Å²) in [6.45, 7) is 0.514. The first-order valence-electron chi connectivity index (χ1n) is 7.69. The molecule has 1 aromatic rings. The summed E-state index contributed by atoms with van der Waals surface area (Å²) in [5, 5.41) is 3.57. The summed E-state index contributed by atoms with van der Waals surface area (Å²) in [4.78, 5) is 12.1. The van der Waals surface area contributed by atoms with Gasteiger partial charge in [0.05, 0.1) is 11.8 Å². The van der Waals surface area contributed by atoms with Gasteiger partial charge in [0.2, 0.25) is 5.91 Å². The molecule has 23 heavy (non-hydrogen) atoms. The molecule has 0 radical (unpaired) electrons. The lowest BCUT2D eigenvalue weighted by atomic mass is 9.64. The average molecular weight is 359 g/mol. The number of nitrogens with one attached hydrogen (secondary N) is 1. The van der Waals surface area contributed by atoms with E-state index in [-0.39, 0.29) is 23.5 Å². The lowest BCUT2D eigenvalue weighted by molar-refractivity contribution is -0.122. The third-order valence-corrected chi connectivity index (χ3v) is 5.73. The number of benzene rings is 1. The van der Waals surface area contributed by atoms with Gasteiger partial charge in [0.25, 0.3) is 0 Å². The Morgan fingerprint density at radius 3 is 2.43 bits per heavy atom. The molecule has 1 aliphatic rings. The summed E-state index contributed by atoms with van der Waals surface area (Å²) in [5.74, 6) is -0.377. The number of amides is 1. The Morgan fingerprint density at radius 2 is 1.96 bits per heavy atom. The molecule has 128 valence electrons. The zero-order chi connectivity index (χ0) is 17.1. The fourth-order valence-electron chi connectivity index (χ4n) is 2.83. The first-order valence-corrected chi connectivity index (χ1v) is 10.1. The van der Waals surface area contributed by atoms with Gasteiger partial charge in [0, 0.05) is 23.2 Å². The van der Waals surface area contributed by atoms with Crippen LogP contribution in [0.1, 0.15) is 31.2 Å². The maximum absolute atomic E-state index is 12.1. The maximum atomic E-state index is 12.1. The van der Waals surface area contributed by atoms with Crippen molar-refractivity contribution >= 4 is 27.3 Å². The third kappa shape index (κ3) is 4.93. The molecule has 1 aliphatic carbocycles. The number of carbonyl (C=O) groups is 1. The van der Waals surface area contributed by atoms with Crippen LogP contribution >= 0.6 is 11.6 Å². The van der Waals surface area contributed by atoms with E-state index in [0.717, 1.165) is 31.1 Å². The normalized spacial score (nSPS) is 18.0. The monoisotopic (exact) mass is 358 g/mol. The van der Waals surface area contributed by atoms with Gasteiger partial charge in [0.1, 0.15) is 9.84 Å². The molecular formula is C16H23ClN2O3S. The van der Waals surface area contributed by atoms with E-state index in [9.17, 15) is 13.2 Å². The van der Waals surface area contributed by atoms with Gasteiger partial charge in [-0.15, -0.1) is 0 Å². The highest BCUT2D eigenvalue weighted by Gasteiger charge is 2.39. The van der Waals surface area contributed by atoms with E-state index in [0.29, 0.717) is 11.6 Å². The molecular weight excluding hydrogens is 336 g/mol. The van der Waals surface area contributed by atoms with E-state index in [1.54, 1.807) is 0 Å². The van der Waals surface area contributed by atoms with Gasteiger partial charge in [-0.3, -0.25) is 4.79 Å². The topological polar surface area (TPSA) is 89.3 Å². The van der Waals surface area contributed by atoms with Crippen LogP contribution in [0.25, 0.3) is 0 Å². The number of hydrogen-bond acceptors (Lipinski definition) is 4. The zero-order valence-corrected chi connectivity index (χ0v) is 14.8. The molecule has 1 unspecified atom stereocenters. The maximum Gasteiger partial charge on any atom is 0.236 e. The zero-order valence-electron chi connectivity index (χ0n) is 13.2. The molecule has 1 aromatic carbocycles. The van der Waals surface area contributed by atoms with E-state index >= 15 is 0 Å². The summed E-state index contributed by atoms with van der Waals surface area (Å²) in [5.41, 5.74) is 6.88. The predicted octanol–water partition coefficient (Wildman–Crippen LogP) is 1.64. The minimum atomic E-state index is -3.11. The van der Waals surface area contributed by atoms with Crippen LogP contribution in [0, 0.1) is 0 Å². The van der Waals surface area contributed by atoms with Crippen molar-refractivity contribution in [3.63, 3.8) is 0 Å². The highest BCUT2D eigenvalue weighted by Crippen LogP contribution is 2.43. The van der Waals surface area contributed by atoms with Crippen LogP contribution in [0.2, 0.25) is 5.02 Å². The minimum Gasteiger partial charge on any atom is -0.354 e. The van der Waals surface area contributed by atoms with Gasteiger partial charge in [-0.05, 0) is 37.0 Å². The highest BCUT2D eigenvalue weighted by atomic mass is 35.5. The number of nitrogens with two attached hydrogens (primary N) is 1. The molecule has 0 aliphatic heterocycles. The lowest BCUT2D eigenvalue weighted by Crippen LogP contribution is -2.50. The Balaban J connectivity index is 1.92. The molecule has 0 spiro atoms. The molecule has 7 heteroatoms. The fourth-order valence-corrected chi connectivity index (χ4v) is 3.64. The van der Waals surface area contributed by atoms with Crippen LogP contribution in [-0.4, -0.2) is 38.9 Å². The molecule has 3 N–H and O–H groups in total. The molecule has 1 fully saturated rings. The molecule has 5 nitrogen and oxygen atoms in total. The van der Waals surface area contributed by atoms with Crippen molar-refractivity contribution in [3.8, 4) is 0 Å². The SMILES string of the molecule is CS(=O)(=O)CCC(N)C(=O)NCC1(c2ccc(Cl)cc2)CCC1. The van der Waals surface area contributed by atoms with E-state index < -0.39 is 15.9 Å².